The summed E-state index contributed by atoms with van der Waals surface area (Å²) in [6.07, 6.45) is 4.36. The van der Waals surface area contributed by atoms with Crippen molar-refractivity contribution in [3.8, 4) is 0 Å². The van der Waals surface area contributed by atoms with Crippen LogP contribution >= 0.6 is 11.3 Å². The largest absolute Gasteiger partial charge is 0.370 e. The van der Waals surface area contributed by atoms with Crippen LogP contribution < -0.4 is 5.32 Å². The Labute approximate surface area is 123 Å². The van der Waals surface area contributed by atoms with Crippen LogP contribution in [-0.2, 0) is 6.42 Å². The van der Waals surface area contributed by atoms with Crippen LogP contribution in [0, 0.1) is 6.92 Å². The van der Waals surface area contributed by atoms with E-state index in [9.17, 15) is 0 Å². The molecule has 1 aliphatic rings. The molecule has 5 heteroatoms. The van der Waals surface area contributed by atoms with E-state index in [1.807, 2.05) is 6.92 Å². The first-order chi connectivity index (χ1) is 9.74. The molecule has 0 spiro atoms. The Bertz CT molecular complexity index is 589. The molecule has 1 fully saturated rings. The number of aryl methyl sites for hydroxylation is 1. The van der Waals surface area contributed by atoms with E-state index in [1.165, 1.54) is 18.5 Å². The first kappa shape index (κ1) is 13.5. The fourth-order valence-corrected chi connectivity index (χ4v) is 2.92. The molecule has 0 radical (unpaired) electrons. The molecular formula is C15H20N4S. The summed E-state index contributed by atoms with van der Waals surface area (Å²) in [5.74, 6) is 2.51. The predicted octanol–water partition coefficient (Wildman–Crippen LogP) is 3.53. The highest BCUT2D eigenvalue weighted by Gasteiger charge is 2.26. The zero-order valence-electron chi connectivity index (χ0n) is 12.0. The molecule has 0 unspecified atom stereocenters. The Morgan fingerprint density at radius 1 is 1.30 bits per heavy atom. The third kappa shape index (κ3) is 3.33. The van der Waals surface area contributed by atoms with Crippen molar-refractivity contribution in [2.24, 2.45) is 0 Å². The lowest BCUT2D eigenvalue weighted by Gasteiger charge is -2.08. The molecule has 1 aliphatic carbocycles. The fraction of sp³-hybridized carbons (Fsp3) is 0.533. The molecule has 0 atom stereocenters. The van der Waals surface area contributed by atoms with Crippen LogP contribution in [0.25, 0.3) is 0 Å². The average molecular weight is 288 g/mol. The summed E-state index contributed by atoms with van der Waals surface area (Å²) in [5, 5.41) is 6.55. The lowest BCUT2D eigenvalue weighted by atomic mass is 10.2. The summed E-state index contributed by atoms with van der Waals surface area (Å²) < 4.78 is 0. The van der Waals surface area contributed by atoms with Gasteiger partial charge in [-0.2, -0.15) is 0 Å². The van der Waals surface area contributed by atoms with E-state index >= 15 is 0 Å². The topological polar surface area (TPSA) is 50.7 Å². The molecule has 4 nitrogen and oxygen atoms in total. The zero-order chi connectivity index (χ0) is 13.9. The second-order valence-electron chi connectivity index (χ2n) is 5.35. The molecule has 1 saturated carbocycles. The van der Waals surface area contributed by atoms with Crippen LogP contribution in [0.1, 0.15) is 54.3 Å². The Morgan fingerprint density at radius 2 is 2.15 bits per heavy atom. The first-order valence-electron chi connectivity index (χ1n) is 7.27. The number of hydrogen-bond acceptors (Lipinski definition) is 5. The molecule has 0 amide bonds. The second kappa shape index (κ2) is 5.87. The van der Waals surface area contributed by atoms with Crippen LogP contribution in [-0.4, -0.2) is 21.5 Å². The van der Waals surface area contributed by atoms with Crippen LogP contribution in [0.4, 0.5) is 5.82 Å². The van der Waals surface area contributed by atoms with Gasteiger partial charge in [-0.05, 0) is 26.2 Å². The highest BCUT2D eigenvalue weighted by atomic mass is 32.1. The molecule has 0 saturated heterocycles. The second-order valence-corrected chi connectivity index (χ2v) is 6.30. The monoisotopic (exact) mass is 288 g/mol. The minimum atomic E-state index is 0.650. The van der Waals surface area contributed by atoms with Crippen molar-refractivity contribution >= 4 is 17.2 Å². The number of rotatable bonds is 6. The van der Waals surface area contributed by atoms with Crippen molar-refractivity contribution < 1.29 is 0 Å². The number of aromatic nitrogens is 3. The number of nitrogens with one attached hydrogen (secondary N) is 1. The molecule has 0 aromatic carbocycles. The lowest BCUT2D eigenvalue weighted by molar-refractivity contribution is 0.882. The van der Waals surface area contributed by atoms with E-state index in [0.29, 0.717) is 5.92 Å². The van der Waals surface area contributed by atoms with Crippen LogP contribution in [0.3, 0.4) is 0 Å². The Hall–Kier alpha value is -1.49. The summed E-state index contributed by atoms with van der Waals surface area (Å²) in [5.41, 5.74) is 2.27. The molecule has 106 valence electrons. The minimum absolute atomic E-state index is 0.650. The van der Waals surface area contributed by atoms with Gasteiger partial charge in [-0.1, -0.05) is 6.92 Å². The maximum Gasteiger partial charge on any atom is 0.137 e. The van der Waals surface area contributed by atoms with Crippen molar-refractivity contribution in [3.05, 3.63) is 33.7 Å². The van der Waals surface area contributed by atoms with Gasteiger partial charge in [0.05, 0.1) is 6.42 Å². The molecule has 2 heterocycles. The van der Waals surface area contributed by atoms with Gasteiger partial charge in [0.25, 0.3) is 0 Å². The van der Waals surface area contributed by atoms with Gasteiger partial charge < -0.3 is 5.32 Å². The summed E-state index contributed by atoms with van der Waals surface area (Å²) in [6, 6.07) is 2.12. The Balaban J connectivity index is 1.82. The standard InChI is InChI=1S/C15H20N4S/c1-3-6-16-13-7-12(11-4-5-11)18-14(19-13)8-15-17-10(2)9-20-15/h7,9,11H,3-6,8H2,1-2H3,(H,16,18,19). The summed E-state index contributed by atoms with van der Waals surface area (Å²) >= 11 is 1.69. The predicted molar refractivity (Wildman–Crippen MR) is 82.4 cm³/mol. The highest BCUT2D eigenvalue weighted by Crippen LogP contribution is 2.39. The summed E-state index contributed by atoms with van der Waals surface area (Å²) in [4.78, 5) is 13.9. The fourth-order valence-electron chi connectivity index (χ4n) is 2.15. The van der Waals surface area contributed by atoms with Gasteiger partial charge in [0.15, 0.2) is 0 Å². The van der Waals surface area contributed by atoms with E-state index in [0.717, 1.165) is 41.7 Å². The molecule has 0 bridgehead atoms. The van der Waals surface area contributed by atoms with Crippen molar-refractivity contribution in [1.29, 1.82) is 0 Å². The van der Waals surface area contributed by atoms with Gasteiger partial charge in [-0.15, -0.1) is 11.3 Å². The molecule has 2 aromatic rings. The maximum absolute atomic E-state index is 4.72. The smallest absolute Gasteiger partial charge is 0.137 e. The maximum atomic E-state index is 4.72. The summed E-state index contributed by atoms with van der Waals surface area (Å²) in [6.45, 7) is 5.14. The van der Waals surface area contributed by atoms with Crippen LogP contribution in [0.15, 0.2) is 11.4 Å². The van der Waals surface area contributed by atoms with E-state index in [-0.39, 0.29) is 0 Å². The van der Waals surface area contributed by atoms with Crippen molar-refractivity contribution in [2.75, 3.05) is 11.9 Å². The number of anilines is 1. The third-order valence-corrected chi connectivity index (χ3v) is 4.29. The molecule has 3 rings (SSSR count). The Kier molecular flexibility index (Phi) is 3.96. The van der Waals surface area contributed by atoms with Gasteiger partial charge in [0, 0.05) is 35.3 Å². The molecule has 20 heavy (non-hydrogen) atoms. The van der Waals surface area contributed by atoms with Gasteiger partial charge >= 0.3 is 0 Å². The third-order valence-electron chi connectivity index (χ3n) is 3.32. The van der Waals surface area contributed by atoms with Crippen molar-refractivity contribution in [1.82, 2.24) is 15.0 Å². The minimum Gasteiger partial charge on any atom is -0.370 e. The van der Waals surface area contributed by atoms with Crippen molar-refractivity contribution in [3.63, 3.8) is 0 Å². The molecule has 1 N–H and O–H groups in total. The lowest BCUT2D eigenvalue weighted by Crippen LogP contribution is -2.07. The van der Waals surface area contributed by atoms with Crippen molar-refractivity contribution in [2.45, 2.75) is 45.4 Å². The Morgan fingerprint density at radius 3 is 2.80 bits per heavy atom. The highest BCUT2D eigenvalue weighted by molar-refractivity contribution is 7.09. The van der Waals surface area contributed by atoms with Crippen LogP contribution in [0.2, 0.25) is 0 Å². The van der Waals surface area contributed by atoms with Gasteiger partial charge in [0.2, 0.25) is 0 Å². The zero-order valence-corrected chi connectivity index (χ0v) is 12.8. The van der Waals surface area contributed by atoms with E-state index in [4.69, 9.17) is 4.98 Å². The number of nitrogens with zero attached hydrogens (tertiary/aromatic N) is 3. The quantitative estimate of drug-likeness (QED) is 0.883. The molecule has 2 aromatic heterocycles. The van der Waals surface area contributed by atoms with Gasteiger partial charge in [-0.25, -0.2) is 15.0 Å². The SMILES string of the molecule is CCCNc1cc(C2CC2)nc(Cc2nc(C)cs2)n1. The van der Waals surface area contributed by atoms with E-state index in [2.05, 4.69) is 33.7 Å². The number of thiazole rings is 1. The molecular weight excluding hydrogens is 268 g/mol. The van der Waals surface area contributed by atoms with E-state index in [1.54, 1.807) is 11.3 Å². The van der Waals surface area contributed by atoms with Gasteiger partial charge in [0.1, 0.15) is 16.6 Å². The van der Waals surface area contributed by atoms with Crippen LogP contribution in [0.5, 0.6) is 0 Å². The molecule has 0 aliphatic heterocycles. The van der Waals surface area contributed by atoms with E-state index < -0.39 is 0 Å². The average Bonchev–Trinajstić information content (AvgIpc) is 3.21. The van der Waals surface area contributed by atoms with Gasteiger partial charge in [-0.3, -0.25) is 0 Å². The normalized spacial score (nSPS) is 14.5. The first-order valence-corrected chi connectivity index (χ1v) is 8.15. The number of hydrogen-bond donors (Lipinski definition) is 1. The summed E-state index contributed by atoms with van der Waals surface area (Å²) in [7, 11) is 0.